The Morgan fingerprint density at radius 2 is 2.00 bits per heavy atom. The van der Waals surface area contributed by atoms with Gasteiger partial charge in [0.1, 0.15) is 5.60 Å². The van der Waals surface area contributed by atoms with E-state index in [0.717, 1.165) is 22.5 Å². The first-order valence-corrected chi connectivity index (χ1v) is 12.5. The van der Waals surface area contributed by atoms with Crippen LogP contribution in [-0.4, -0.2) is 50.3 Å². The first-order valence-electron chi connectivity index (χ1n) is 11.7. The van der Waals surface area contributed by atoms with E-state index >= 15 is 0 Å². The number of carboxylic acid groups (broad SMARTS) is 1. The van der Waals surface area contributed by atoms with Crippen molar-refractivity contribution in [2.24, 2.45) is 0 Å². The molecule has 10 heteroatoms. The number of aromatic nitrogens is 2. The van der Waals surface area contributed by atoms with E-state index in [1.165, 1.54) is 0 Å². The molecule has 0 saturated heterocycles. The maximum atomic E-state index is 13.5. The van der Waals surface area contributed by atoms with Gasteiger partial charge in [-0.05, 0) is 66.4 Å². The van der Waals surface area contributed by atoms with Gasteiger partial charge in [-0.3, -0.25) is 10.2 Å². The van der Waals surface area contributed by atoms with E-state index in [-0.39, 0.29) is 12.1 Å². The zero-order valence-corrected chi connectivity index (χ0v) is 22.1. The lowest BCUT2D eigenvalue weighted by Gasteiger charge is -2.34. The standard InChI is InChI=1S/C26H30BrN5O4/c1-26(2,3)36-25(35)32-13-18-10-21(27)22(30-24(33)34)11-23(18)31(14-19-12-28-16-29-19)15-20(32)9-17-7-5-4-6-8-17/h4-8,10-12,16,20,30H,9,13-15H2,1-3H3,(H,28,29)(H,33,34). The van der Waals surface area contributed by atoms with E-state index in [1.807, 2.05) is 51.2 Å². The molecule has 190 valence electrons. The molecule has 2 amide bonds. The Bertz CT molecular complexity index is 1210. The van der Waals surface area contributed by atoms with Crippen LogP contribution in [0.2, 0.25) is 0 Å². The average Bonchev–Trinajstić information content (AvgIpc) is 3.25. The summed E-state index contributed by atoms with van der Waals surface area (Å²) in [7, 11) is 0. The molecule has 0 aliphatic carbocycles. The number of benzene rings is 2. The fourth-order valence-electron chi connectivity index (χ4n) is 4.32. The number of aromatic amines is 1. The Hall–Kier alpha value is -3.53. The van der Waals surface area contributed by atoms with Gasteiger partial charge in [-0.1, -0.05) is 30.3 Å². The van der Waals surface area contributed by atoms with Crippen LogP contribution in [0.15, 0.2) is 59.5 Å². The molecule has 3 aromatic rings. The Morgan fingerprint density at radius 3 is 2.64 bits per heavy atom. The molecule has 1 aliphatic rings. The van der Waals surface area contributed by atoms with Crippen molar-refractivity contribution in [3.63, 3.8) is 0 Å². The molecule has 1 atom stereocenters. The van der Waals surface area contributed by atoms with Crippen LogP contribution >= 0.6 is 15.9 Å². The van der Waals surface area contributed by atoms with Crippen LogP contribution < -0.4 is 10.2 Å². The number of carbonyl (C=O) groups excluding carboxylic acids is 1. The van der Waals surface area contributed by atoms with Crippen molar-refractivity contribution in [2.45, 2.75) is 51.9 Å². The number of carbonyl (C=O) groups is 2. The fraction of sp³-hybridized carbons (Fsp3) is 0.346. The number of nitrogens with one attached hydrogen (secondary N) is 2. The minimum absolute atomic E-state index is 0.205. The molecule has 0 saturated carbocycles. The van der Waals surface area contributed by atoms with Crippen LogP contribution in [0.4, 0.5) is 21.0 Å². The van der Waals surface area contributed by atoms with Crippen LogP contribution in [0.3, 0.4) is 0 Å². The monoisotopic (exact) mass is 555 g/mol. The van der Waals surface area contributed by atoms with Gasteiger partial charge in [0.2, 0.25) is 0 Å². The lowest BCUT2D eigenvalue weighted by atomic mass is 10.0. The number of anilines is 2. The summed E-state index contributed by atoms with van der Waals surface area (Å²) in [6, 6.07) is 13.5. The summed E-state index contributed by atoms with van der Waals surface area (Å²) in [6.45, 7) is 6.86. The molecule has 1 unspecified atom stereocenters. The maximum absolute atomic E-state index is 13.5. The molecule has 1 aromatic heterocycles. The third kappa shape index (κ3) is 6.37. The quantitative estimate of drug-likeness (QED) is 0.376. The summed E-state index contributed by atoms with van der Waals surface area (Å²) in [4.78, 5) is 36.2. The predicted octanol–water partition coefficient (Wildman–Crippen LogP) is 5.63. The number of hydrogen-bond donors (Lipinski definition) is 3. The number of rotatable bonds is 5. The Morgan fingerprint density at radius 1 is 1.25 bits per heavy atom. The Balaban J connectivity index is 1.79. The van der Waals surface area contributed by atoms with E-state index in [1.54, 1.807) is 17.3 Å². The number of ether oxygens (including phenoxy) is 1. The second-order valence-corrected chi connectivity index (χ2v) is 10.6. The molecule has 3 N–H and O–H groups in total. The van der Waals surface area contributed by atoms with E-state index in [0.29, 0.717) is 36.2 Å². The number of hydrogen-bond acceptors (Lipinski definition) is 5. The van der Waals surface area contributed by atoms with Gasteiger partial charge in [0, 0.05) is 22.9 Å². The summed E-state index contributed by atoms with van der Waals surface area (Å²) in [6.07, 6.45) is 2.55. The number of imidazole rings is 1. The average molecular weight is 556 g/mol. The molecular weight excluding hydrogens is 526 g/mol. The molecule has 0 radical (unpaired) electrons. The summed E-state index contributed by atoms with van der Waals surface area (Å²) in [5, 5.41) is 11.8. The summed E-state index contributed by atoms with van der Waals surface area (Å²) >= 11 is 3.49. The summed E-state index contributed by atoms with van der Waals surface area (Å²) in [5.74, 6) is 0. The Kier molecular flexibility index (Phi) is 7.53. The minimum Gasteiger partial charge on any atom is -0.465 e. The first-order chi connectivity index (χ1) is 17.1. The molecular formula is C26H30BrN5O4. The third-order valence-electron chi connectivity index (χ3n) is 5.81. The number of halogens is 1. The second-order valence-electron chi connectivity index (χ2n) is 9.78. The lowest BCUT2D eigenvalue weighted by molar-refractivity contribution is 0.0152. The van der Waals surface area contributed by atoms with Crippen molar-refractivity contribution < 1.29 is 19.4 Å². The van der Waals surface area contributed by atoms with Crippen molar-refractivity contribution in [1.29, 1.82) is 0 Å². The van der Waals surface area contributed by atoms with Gasteiger partial charge in [0.15, 0.2) is 0 Å². The Labute approximate surface area is 218 Å². The number of nitrogens with zero attached hydrogens (tertiary/aromatic N) is 3. The molecule has 36 heavy (non-hydrogen) atoms. The van der Waals surface area contributed by atoms with Crippen molar-refractivity contribution >= 4 is 39.5 Å². The van der Waals surface area contributed by atoms with Gasteiger partial charge in [-0.25, -0.2) is 14.6 Å². The zero-order valence-electron chi connectivity index (χ0n) is 20.5. The molecule has 0 fully saturated rings. The molecule has 4 rings (SSSR count). The van der Waals surface area contributed by atoms with Gasteiger partial charge in [0.25, 0.3) is 0 Å². The molecule has 9 nitrogen and oxygen atoms in total. The minimum atomic E-state index is -1.15. The maximum Gasteiger partial charge on any atom is 0.410 e. The van der Waals surface area contributed by atoms with E-state index in [9.17, 15) is 14.7 Å². The van der Waals surface area contributed by atoms with Crippen molar-refractivity contribution in [1.82, 2.24) is 14.9 Å². The highest BCUT2D eigenvalue weighted by Crippen LogP contribution is 2.37. The highest BCUT2D eigenvalue weighted by atomic mass is 79.9. The van der Waals surface area contributed by atoms with E-state index < -0.39 is 11.7 Å². The SMILES string of the molecule is CC(C)(C)OC(=O)N1Cc2cc(Br)c(NC(=O)O)cc2N(Cc2c[nH]cn2)CC1Cc1ccccc1. The zero-order chi connectivity index (χ0) is 25.9. The first kappa shape index (κ1) is 25.6. The lowest BCUT2D eigenvalue weighted by Crippen LogP contribution is -2.47. The molecule has 0 bridgehead atoms. The van der Waals surface area contributed by atoms with Crippen LogP contribution in [0.1, 0.15) is 37.6 Å². The summed E-state index contributed by atoms with van der Waals surface area (Å²) < 4.78 is 6.40. The highest BCUT2D eigenvalue weighted by Gasteiger charge is 2.34. The van der Waals surface area contributed by atoms with Gasteiger partial charge in [0.05, 0.1) is 36.8 Å². The van der Waals surface area contributed by atoms with E-state index in [4.69, 9.17) is 4.74 Å². The van der Waals surface area contributed by atoms with Gasteiger partial charge >= 0.3 is 12.2 Å². The number of amides is 2. The summed E-state index contributed by atoms with van der Waals surface area (Å²) in [5.41, 5.74) is 3.42. The normalized spacial score (nSPS) is 15.7. The highest BCUT2D eigenvalue weighted by molar-refractivity contribution is 9.10. The topological polar surface area (TPSA) is 111 Å². The van der Waals surface area contributed by atoms with E-state index in [2.05, 4.69) is 48.2 Å². The van der Waals surface area contributed by atoms with Crippen LogP contribution in [0.5, 0.6) is 0 Å². The molecule has 2 heterocycles. The van der Waals surface area contributed by atoms with Gasteiger partial charge in [-0.15, -0.1) is 0 Å². The third-order valence-corrected chi connectivity index (χ3v) is 6.47. The fourth-order valence-corrected chi connectivity index (χ4v) is 4.81. The van der Waals surface area contributed by atoms with Crippen LogP contribution in [0.25, 0.3) is 0 Å². The van der Waals surface area contributed by atoms with Crippen molar-refractivity contribution in [3.8, 4) is 0 Å². The van der Waals surface area contributed by atoms with Crippen LogP contribution in [0, 0.1) is 0 Å². The van der Waals surface area contributed by atoms with Gasteiger partial charge in [-0.2, -0.15) is 0 Å². The van der Waals surface area contributed by atoms with Crippen molar-refractivity contribution in [3.05, 3.63) is 76.3 Å². The molecule has 2 aromatic carbocycles. The predicted molar refractivity (Wildman–Crippen MR) is 141 cm³/mol. The number of H-pyrrole nitrogens is 1. The van der Waals surface area contributed by atoms with Gasteiger partial charge < -0.3 is 19.7 Å². The smallest absolute Gasteiger partial charge is 0.410 e. The van der Waals surface area contributed by atoms with Crippen LogP contribution in [-0.2, 0) is 24.2 Å². The van der Waals surface area contributed by atoms with Crippen molar-refractivity contribution in [2.75, 3.05) is 16.8 Å². The largest absolute Gasteiger partial charge is 0.465 e. The molecule has 1 aliphatic heterocycles. The number of fused-ring (bicyclic) bond motifs is 1. The molecule has 0 spiro atoms. The second kappa shape index (κ2) is 10.6.